The average molecular weight is 594 g/mol. The van der Waals surface area contributed by atoms with Crippen LogP contribution in [0.4, 0.5) is 23.1 Å². The van der Waals surface area contributed by atoms with Gasteiger partial charge in [-0.15, -0.1) is 0 Å². The van der Waals surface area contributed by atoms with Gasteiger partial charge in [-0.25, -0.2) is 4.98 Å². The first-order chi connectivity index (χ1) is 20.5. The number of methoxy groups -OCH3 is 2. The molecule has 0 saturated carbocycles. The van der Waals surface area contributed by atoms with Crippen LogP contribution in [0.2, 0.25) is 10.0 Å². The molecule has 0 saturated heterocycles. The average Bonchev–Trinajstić information content (AvgIpc) is 3.01. The Labute approximate surface area is 253 Å². The molecule has 6 rings (SSSR count). The molecule has 0 fully saturated rings. The van der Waals surface area contributed by atoms with E-state index in [2.05, 4.69) is 22.8 Å². The molecule has 0 radical (unpaired) electrons. The van der Waals surface area contributed by atoms with Crippen LogP contribution in [-0.4, -0.2) is 24.2 Å². The molecule has 0 aliphatic heterocycles. The molecule has 0 spiro atoms. The molecule has 0 unspecified atom stereocenters. The van der Waals surface area contributed by atoms with Crippen LogP contribution in [0.1, 0.15) is 0 Å². The number of ether oxygens (including phenoxy) is 2. The number of nitrogens with one attached hydrogen (secondary N) is 2. The summed E-state index contributed by atoms with van der Waals surface area (Å²) in [4.78, 5) is 9.93. The second-order valence-electron chi connectivity index (χ2n) is 9.54. The minimum Gasteiger partial charge on any atom is -0.497 e. The first-order valence-corrected chi connectivity index (χ1v) is 13.9. The van der Waals surface area contributed by atoms with Crippen LogP contribution >= 0.6 is 23.2 Å². The number of hydrogen-bond acceptors (Lipinski definition) is 6. The normalized spacial score (nSPS) is 10.9. The highest BCUT2D eigenvalue weighted by Crippen LogP contribution is 2.38. The van der Waals surface area contributed by atoms with Crippen LogP contribution in [-0.2, 0) is 0 Å². The highest BCUT2D eigenvalue weighted by molar-refractivity contribution is 6.31. The Bertz CT molecular complexity index is 1880. The molecule has 0 atom stereocenters. The van der Waals surface area contributed by atoms with Gasteiger partial charge >= 0.3 is 0 Å². The quantitative estimate of drug-likeness (QED) is 0.183. The third-order valence-corrected chi connectivity index (χ3v) is 7.26. The van der Waals surface area contributed by atoms with Crippen molar-refractivity contribution in [3.8, 4) is 33.8 Å². The standard InChI is InChI=1S/C34H26Cl2N4O2/c1-41-28-13-9-21(10-14-28)23-17-30(22-11-15-29(42-2)16-12-22)32-31(18-23)33(37-26-7-3-5-24(35)19-26)40-34(39-32)38-27-8-4-6-25(36)20-27/h3-20H,1-2H3,(H2,37,38,39,40). The summed E-state index contributed by atoms with van der Waals surface area (Å²) in [7, 11) is 3.32. The molecule has 8 heteroatoms. The lowest BCUT2D eigenvalue weighted by molar-refractivity contribution is 0.415. The molecule has 6 aromatic rings. The van der Waals surface area contributed by atoms with Crippen molar-refractivity contribution in [2.75, 3.05) is 24.9 Å². The highest BCUT2D eigenvalue weighted by Gasteiger charge is 2.17. The molecular formula is C34H26Cl2N4O2. The van der Waals surface area contributed by atoms with Crippen molar-refractivity contribution in [1.29, 1.82) is 0 Å². The molecule has 1 aromatic heterocycles. The number of anilines is 4. The van der Waals surface area contributed by atoms with E-state index in [0.717, 1.165) is 56.0 Å². The van der Waals surface area contributed by atoms with E-state index in [4.69, 9.17) is 42.6 Å². The Balaban J connectivity index is 1.59. The van der Waals surface area contributed by atoms with Gasteiger partial charge in [0.15, 0.2) is 0 Å². The number of benzene rings is 5. The lowest BCUT2D eigenvalue weighted by atomic mass is 9.95. The van der Waals surface area contributed by atoms with E-state index in [1.807, 2.05) is 97.1 Å². The van der Waals surface area contributed by atoms with Crippen molar-refractivity contribution in [3.05, 3.63) is 119 Å². The number of rotatable bonds is 8. The van der Waals surface area contributed by atoms with Gasteiger partial charge in [0.25, 0.3) is 0 Å². The van der Waals surface area contributed by atoms with Gasteiger partial charge in [-0.1, -0.05) is 59.6 Å². The highest BCUT2D eigenvalue weighted by atomic mass is 35.5. The van der Waals surface area contributed by atoms with Crippen molar-refractivity contribution in [2.45, 2.75) is 0 Å². The Morgan fingerprint density at radius 3 is 1.71 bits per heavy atom. The van der Waals surface area contributed by atoms with Crippen LogP contribution in [0.15, 0.2) is 109 Å². The topological polar surface area (TPSA) is 68.3 Å². The van der Waals surface area contributed by atoms with E-state index >= 15 is 0 Å². The lowest BCUT2D eigenvalue weighted by Gasteiger charge is -2.17. The predicted molar refractivity (Wildman–Crippen MR) is 173 cm³/mol. The zero-order valence-electron chi connectivity index (χ0n) is 22.9. The summed E-state index contributed by atoms with van der Waals surface area (Å²) in [5, 5.41) is 8.87. The predicted octanol–water partition coefficient (Wildman–Crippen LogP) is 9.77. The SMILES string of the molecule is COc1ccc(-c2cc(-c3ccc(OC)cc3)c3nc(Nc4cccc(Cl)c4)nc(Nc4cccc(Cl)c4)c3c2)cc1. The molecule has 0 bridgehead atoms. The van der Waals surface area contributed by atoms with Gasteiger partial charge in [-0.2, -0.15) is 4.98 Å². The van der Waals surface area contributed by atoms with Gasteiger partial charge in [0, 0.05) is 32.4 Å². The number of fused-ring (bicyclic) bond motifs is 1. The molecule has 5 aromatic carbocycles. The minimum atomic E-state index is 0.418. The van der Waals surface area contributed by atoms with Crippen molar-refractivity contribution in [3.63, 3.8) is 0 Å². The summed E-state index contributed by atoms with van der Waals surface area (Å²) in [6.45, 7) is 0. The van der Waals surface area contributed by atoms with Gasteiger partial charge in [0.2, 0.25) is 5.95 Å². The molecular weight excluding hydrogens is 567 g/mol. The molecule has 6 nitrogen and oxygen atoms in total. The van der Waals surface area contributed by atoms with E-state index in [1.54, 1.807) is 14.2 Å². The van der Waals surface area contributed by atoms with Gasteiger partial charge in [0.1, 0.15) is 17.3 Å². The first-order valence-electron chi connectivity index (χ1n) is 13.2. The Morgan fingerprint density at radius 2 is 1.14 bits per heavy atom. The first kappa shape index (κ1) is 27.4. The van der Waals surface area contributed by atoms with Crippen molar-refractivity contribution in [2.24, 2.45) is 0 Å². The van der Waals surface area contributed by atoms with E-state index in [1.165, 1.54) is 0 Å². The molecule has 42 heavy (non-hydrogen) atoms. The maximum atomic E-state index is 6.32. The fourth-order valence-corrected chi connectivity index (χ4v) is 5.10. The second-order valence-corrected chi connectivity index (χ2v) is 10.4. The lowest BCUT2D eigenvalue weighted by Crippen LogP contribution is -2.03. The van der Waals surface area contributed by atoms with Gasteiger partial charge < -0.3 is 20.1 Å². The summed E-state index contributed by atoms with van der Waals surface area (Å²) in [6, 6.07) is 35.1. The summed E-state index contributed by atoms with van der Waals surface area (Å²) in [5.41, 5.74) is 6.30. The largest absolute Gasteiger partial charge is 0.497 e. The van der Waals surface area contributed by atoms with Crippen molar-refractivity contribution >= 4 is 57.2 Å². The van der Waals surface area contributed by atoms with Crippen molar-refractivity contribution in [1.82, 2.24) is 9.97 Å². The van der Waals surface area contributed by atoms with Crippen LogP contribution in [0.25, 0.3) is 33.2 Å². The zero-order chi connectivity index (χ0) is 29.1. The van der Waals surface area contributed by atoms with E-state index in [0.29, 0.717) is 21.8 Å². The summed E-state index contributed by atoms with van der Waals surface area (Å²) >= 11 is 12.6. The summed E-state index contributed by atoms with van der Waals surface area (Å²) in [5.74, 6) is 2.60. The Kier molecular flexibility index (Phi) is 7.82. The number of hydrogen-bond donors (Lipinski definition) is 2. The molecule has 0 aliphatic carbocycles. The van der Waals surface area contributed by atoms with Crippen LogP contribution in [0.3, 0.4) is 0 Å². The summed E-state index contributed by atoms with van der Waals surface area (Å²) < 4.78 is 10.8. The molecule has 0 aliphatic rings. The van der Waals surface area contributed by atoms with Crippen LogP contribution in [0, 0.1) is 0 Å². The molecule has 0 amide bonds. The molecule has 1 heterocycles. The minimum absolute atomic E-state index is 0.418. The number of nitrogens with zero attached hydrogens (tertiary/aromatic N) is 2. The van der Waals surface area contributed by atoms with E-state index < -0.39 is 0 Å². The van der Waals surface area contributed by atoms with E-state index in [9.17, 15) is 0 Å². The van der Waals surface area contributed by atoms with E-state index in [-0.39, 0.29) is 0 Å². The molecule has 208 valence electrons. The summed E-state index contributed by atoms with van der Waals surface area (Å²) in [6.07, 6.45) is 0. The fourth-order valence-electron chi connectivity index (χ4n) is 4.72. The maximum absolute atomic E-state index is 6.32. The number of aromatic nitrogens is 2. The maximum Gasteiger partial charge on any atom is 0.229 e. The Morgan fingerprint density at radius 1 is 0.571 bits per heavy atom. The van der Waals surface area contributed by atoms with Gasteiger partial charge in [0.05, 0.1) is 19.7 Å². The molecule has 2 N–H and O–H groups in total. The van der Waals surface area contributed by atoms with Gasteiger partial charge in [-0.05, 0) is 89.5 Å². The zero-order valence-corrected chi connectivity index (χ0v) is 24.4. The smallest absolute Gasteiger partial charge is 0.229 e. The van der Waals surface area contributed by atoms with Crippen LogP contribution < -0.4 is 20.1 Å². The second kappa shape index (κ2) is 12.0. The van der Waals surface area contributed by atoms with Crippen LogP contribution in [0.5, 0.6) is 11.5 Å². The number of halogens is 2. The Hall–Kier alpha value is -4.78. The monoisotopic (exact) mass is 592 g/mol. The third kappa shape index (κ3) is 5.96. The van der Waals surface area contributed by atoms with Crippen molar-refractivity contribution < 1.29 is 9.47 Å². The third-order valence-electron chi connectivity index (χ3n) is 6.79. The van der Waals surface area contributed by atoms with Gasteiger partial charge in [-0.3, -0.25) is 0 Å². The fraction of sp³-hybridized carbons (Fsp3) is 0.0588.